The van der Waals surface area contributed by atoms with Gasteiger partial charge in [-0.2, -0.15) is 0 Å². The monoisotopic (exact) mass is 301 g/mol. The number of nitrogen functional groups attached to an aromatic ring is 1. The van der Waals surface area contributed by atoms with Crippen molar-refractivity contribution in [1.29, 1.82) is 0 Å². The second-order valence-corrected chi connectivity index (χ2v) is 6.82. The Hall–Kier alpha value is -1.67. The van der Waals surface area contributed by atoms with E-state index in [1.165, 1.54) is 23.5 Å². The molecule has 0 saturated carbocycles. The van der Waals surface area contributed by atoms with Gasteiger partial charge in [0.15, 0.2) is 0 Å². The second-order valence-electron chi connectivity index (χ2n) is 4.78. The number of anilines is 1. The van der Waals surface area contributed by atoms with Crippen LogP contribution in [0.5, 0.6) is 0 Å². The van der Waals surface area contributed by atoms with E-state index in [9.17, 15) is 18.5 Å². The van der Waals surface area contributed by atoms with Gasteiger partial charge in [0.25, 0.3) is 5.69 Å². The Bertz CT molecular complexity index is 601. The van der Waals surface area contributed by atoms with Crippen LogP contribution >= 0.6 is 0 Å². The zero-order chi connectivity index (χ0) is 15.5. The third-order valence-electron chi connectivity index (χ3n) is 3.17. The number of nitrogens with two attached hydrogens (primary N) is 1. The highest BCUT2D eigenvalue weighted by Gasteiger charge is 2.25. The van der Waals surface area contributed by atoms with Gasteiger partial charge in [-0.05, 0) is 18.1 Å². The molecule has 0 saturated heterocycles. The quantitative estimate of drug-likeness (QED) is 0.490. The molecule has 0 fully saturated rings. The van der Waals surface area contributed by atoms with Crippen LogP contribution in [-0.2, 0) is 10.0 Å². The molecular weight excluding hydrogens is 282 g/mol. The molecule has 112 valence electrons. The summed E-state index contributed by atoms with van der Waals surface area (Å²) in [5, 5.41) is 10.8. The van der Waals surface area contributed by atoms with Gasteiger partial charge in [-0.15, -0.1) is 0 Å². The number of rotatable bonds is 6. The Balaban J connectivity index is 3.16. The summed E-state index contributed by atoms with van der Waals surface area (Å²) in [6.07, 6.45) is 0.849. The van der Waals surface area contributed by atoms with Gasteiger partial charge in [0.05, 0.1) is 9.82 Å². The molecule has 0 amide bonds. The Morgan fingerprint density at radius 1 is 1.45 bits per heavy atom. The van der Waals surface area contributed by atoms with Crippen LogP contribution in [0.15, 0.2) is 23.1 Å². The molecule has 0 heterocycles. The summed E-state index contributed by atoms with van der Waals surface area (Å²) in [6.45, 7) is 4.27. The number of nitro benzene ring substituents is 1. The lowest BCUT2D eigenvalue weighted by atomic mass is 10.1. The predicted molar refractivity (Wildman–Crippen MR) is 76.8 cm³/mol. The standard InChI is InChI=1S/C12H19N3O4S/c1-4-9(2)8-14(3)20(18,19)10-5-6-11(13)12(7-10)15(16)17/h5-7,9H,4,8,13H2,1-3H3. The van der Waals surface area contributed by atoms with Gasteiger partial charge >= 0.3 is 0 Å². The maximum Gasteiger partial charge on any atom is 0.293 e. The lowest BCUT2D eigenvalue weighted by Crippen LogP contribution is -2.31. The summed E-state index contributed by atoms with van der Waals surface area (Å²) in [7, 11) is -2.28. The largest absolute Gasteiger partial charge is 0.393 e. The van der Waals surface area contributed by atoms with Crippen molar-refractivity contribution in [3.8, 4) is 0 Å². The Morgan fingerprint density at radius 2 is 2.05 bits per heavy atom. The van der Waals surface area contributed by atoms with E-state index in [4.69, 9.17) is 5.73 Å². The Morgan fingerprint density at radius 3 is 2.55 bits per heavy atom. The first-order valence-electron chi connectivity index (χ1n) is 6.20. The summed E-state index contributed by atoms with van der Waals surface area (Å²) in [4.78, 5) is 10.00. The minimum Gasteiger partial charge on any atom is -0.393 e. The summed E-state index contributed by atoms with van der Waals surface area (Å²) in [6, 6.07) is 3.52. The van der Waals surface area contributed by atoms with Gasteiger partial charge in [0, 0.05) is 19.7 Å². The molecule has 0 aliphatic rings. The average molecular weight is 301 g/mol. The fourth-order valence-electron chi connectivity index (χ4n) is 1.69. The topological polar surface area (TPSA) is 107 Å². The highest BCUT2D eigenvalue weighted by Crippen LogP contribution is 2.26. The third kappa shape index (κ3) is 3.45. The molecule has 0 bridgehead atoms. The van der Waals surface area contributed by atoms with E-state index >= 15 is 0 Å². The fourth-order valence-corrected chi connectivity index (χ4v) is 3.00. The van der Waals surface area contributed by atoms with Crippen LogP contribution in [0, 0.1) is 16.0 Å². The number of benzene rings is 1. The number of hydrogen-bond acceptors (Lipinski definition) is 5. The summed E-state index contributed by atoms with van der Waals surface area (Å²) in [5.41, 5.74) is 5.01. The first-order chi connectivity index (χ1) is 9.20. The van der Waals surface area contributed by atoms with Crippen molar-refractivity contribution in [3.63, 3.8) is 0 Å². The van der Waals surface area contributed by atoms with Crippen molar-refractivity contribution in [2.24, 2.45) is 5.92 Å². The number of nitrogens with zero attached hydrogens (tertiary/aromatic N) is 2. The maximum atomic E-state index is 12.3. The van der Waals surface area contributed by atoms with Crippen LogP contribution in [0.4, 0.5) is 11.4 Å². The van der Waals surface area contributed by atoms with Crippen LogP contribution < -0.4 is 5.73 Å². The number of hydrogen-bond donors (Lipinski definition) is 1. The lowest BCUT2D eigenvalue weighted by molar-refractivity contribution is -0.384. The molecule has 0 aliphatic heterocycles. The zero-order valence-corrected chi connectivity index (χ0v) is 12.6. The van der Waals surface area contributed by atoms with Gasteiger partial charge in [0.2, 0.25) is 10.0 Å². The van der Waals surface area contributed by atoms with Gasteiger partial charge in [-0.25, -0.2) is 12.7 Å². The average Bonchev–Trinajstić information content (AvgIpc) is 2.38. The van der Waals surface area contributed by atoms with Crippen LogP contribution in [0.25, 0.3) is 0 Å². The lowest BCUT2D eigenvalue weighted by Gasteiger charge is -2.20. The third-order valence-corrected chi connectivity index (χ3v) is 4.99. The van der Waals surface area contributed by atoms with Crippen molar-refractivity contribution in [1.82, 2.24) is 4.31 Å². The van der Waals surface area contributed by atoms with Crippen molar-refractivity contribution >= 4 is 21.4 Å². The molecule has 1 rings (SSSR count). The zero-order valence-electron chi connectivity index (χ0n) is 11.7. The number of nitro groups is 1. The SMILES string of the molecule is CCC(C)CN(C)S(=O)(=O)c1ccc(N)c([N+](=O)[O-])c1. The van der Waals surface area contributed by atoms with E-state index in [0.29, 0.717) is 6.54 Å². The molecule has 2 N–H and O–H groups in total. The molecule has 1 unspecified atom stereocenters. The molecule has 0 spiro atoms. The predicted octanol–water partition coefficient (Wildman–Crippen LogP) is 1.84. The maximum absolute atomic E-state index is 12.3. The van der Waals surface area contributed by atoms with Gasteiger partial charge in [0.1, 0.15) is 5.69 Å². The molecular formula is C12H19N3O4S. The molecule has 1 aromatic rings. The van der Waals surface area contributed by atoms with E-state index in [-0.39, 0.29) is 16.5 Å². The number of sulfonamides is 1. The summed E-state index contributed by atoms with van der Waals surface area (Å²) < 4.78 is 25.9. The van der Waals surface area contributed by atoms with Crippen molar-refractivity contribution in [2.45, 2.75) is 25.2 Å². The van der Waals surface area contributed by atoms with Crippen LogP contribution in [0.3, 0.4) is 0 Å². The van der Waals surface area contributed by atoms with Crippen molar-refractivity contribution in [2.75, 3.05) is 19.3 Å². The van der Waals surface area contributed by atoms with E-state index in [0.717, 1.165) is 12.5 Å². The van der Waals surface area contributed by atoms with Crippen molar-refractivity contribution in [3.05, 3.63) is 28.3 Å². The highest BCUT2D eigenvalue weighted by atomic mass is 32.2. The minimum atomic E-state index is -3.74. The molecule has 0 aromatic heterocycles. The summed E-state index contributed by atoms with van der Waals surface area (Å²) >= 11 is 0. The van der Waals surface area contributed by atoms with Crippen molar-refractivity contribution < 1.29 is 13.3 Å². The van der Waals surface area contributed by atoms with Gasteiger partial charge in [-0.3, -0.25) is 10.1 Å². The summed E-state index contributed by atoms with van der Waals surface area (Å²) in [5.74, 6) is 0.207. The molecule has 8 heteroatoms. The molecule has 7 nitrogen and oxygen atoms in total. The molecule has 0 aliphatic carbocycles. The van der Waals surface area contributed by atoms with E-state index < -0.39 is 20.6 Å². The second kappa shape index (κ2) is 6.19. The molecule has 20 heavy (non-hydrogen) atoms. The first kappa shape index (κ1) is 16.4. The van der Waals surface area contributed by atoms with Gasteiger partial charge in [-0.1, -0.05) is 20.3 Å². The highest BCUT2D eigenvalue weighted by molar-refractivity contribution is 7.89. The normalized spacial score (nSPS) is 13.4. The smallest absolute Gasteiger partial charge is 0.293 e. The minimum absolute atomic E-state index is 0.0569. The Labute approximate surface area is 118 Å². The van der Waals surface area contributed by atoms with Crippen LogP contribution in [-0.4, -0.2) is 31.2 Å². The fraction of sp³-hybridized carbons (Fsp3) is 0.500. The Kier molecular flexibility index (Phi) is 5.07. The van der Waals surface area contributed by atoms with E-state index in [2.05, 4.69) is 0 Å². The molecule has 1 atom stereocenters. The molecule has 1 aromatic carbocycles. The first-order valence-corrected chi connectivity index (χ1v) is 7.64. The van der Waals surface area contributed by atoms with Crippen LogP contribution in [0.2, 0.25) is 0 Å². The van der Waals surface area contributed by atoms with Gasteiger partial charge < -0.3 is 5.73 Å². The van der Waals surface area contributed by atoms with E-state index in [1.807, 2.05) is 13.8 Å². The molecule has 0 radical (unpaired) electrons. The van der Waals surface area contributed by atoms with E-state index in [1.54, 1.807) is 0 Å². The van der Waals surface area contributed by atoms with Crippen LogP contribution in [0.1, 0.15) is 20.3 Å².